The van der Waals surface area contributed by atoms with Gasteiger partial charge in [-0.15, -0.1) is 0 Å². The van der Waals surface area contributed by atoms with Crippen molar-refractivity contribution in [1.29, 1.82) is 0 Å². The maximum absolute atomic E-state index is 12.6. The lowest BCUT2D eigenvalue weighted by atomic mass is 10.2. The van der Waals surface area contributed by atoms with Crippen LogP contribution in [0.25, 0.3) is 5.65 Å². The Morgan fingerprint density at radius 2 is 1.90 bits per heavy atom. The van der Waals surface area contributed by atoms with Crippen molar-refractivity contribution >= 4 is 29.0 Å². The standard InChI is InChI=1S/C20H16N6O3/c27-19(24-15-5-3-14(4-6-15)20(28)29)16-12-23-26-9-7-17(25-18(16)26)22-11-13-2-1-8-21-10-13/h1-10,12H,11H2,(H,22,25)(H,24,27)(H,28,29). The van der Waals surface area contributed by atoms with Gasteiger partial charge < -0.3 is 15.7 Å². The monoisotopic (exact) mass is 388 g/mol. The highest BCUT2D eigenvalue weighted by atomic mass is 16.4. The normalized spacial score (nSPS) is 10.6. The van der Waals surface area contributed by atoms with Crippen molar-refractivity contribution in [1.82, 2.24) is 19.6 Å². The molecular formula is C20H16N6O3. The van der Waals surface area contributed by atoms with E-state index in [1.807, 2.05) is 12.1 Å². The number of aromatic nitrogens is 4. The summed E-state index contributed by atoms with van der Waals surface area (Å²) in [5.41, 5.74) is 2.33. The van der Waals surface area contributed by atoms with E-state index in [1.54, 1.807) is 24.7 Å². The molecule has 1 amide bonds. The minimum Gasteiger partial charge on any atom is -0.478 e. The Labute approximate surface area is 165 Å². The van der Waals surface area contributed by atoms with Crippen molar-refractivity contribution in [2.24, 2.45) is 0 Å². The summed E-state index contributed by atoms with van der Waals surface area (Å²) in [5, 5.41) is 19.0. The molecule has 0 aliphatic heterocycles. The zero-order valence-corrected chi connectivity index (χ0v) is 15.1. The van der Waals surface area contributed by atoms with E-state index in [9.17, 15) is 9.59 Å². The van der Waals surface area contributed by atoms with Gasteiger partial charge in [-0.05, 0) is 42.0 Å². The Morgan fingerprint density at radius 1 is 1.07 bits per heavy atom. The molecule has 0 atom stereocenters. The fraction of sp³-hybridized carbons (Fsp3) is 0.0500. The first kappa shape index (κ1) is 18.1. The van der Waals surface area contributed by atoms with Crippen LogP contribution >= 0.6 is 0 Å². The van der Waals surface area contributed by atoms with Crippen LogP contribution < -0.4 is 10.6 Å². The van der Waals surface area contributed by atoms with Crippen molar-refractivity contribution < 1.29 is 14.7 Å². The Kier molecular flexibility index (Phi) is 4.85. The van der Waals surface area contributed by atoms with Crippen molar-refractivity contribution in [3.63, 3.8) is 0 Å². The Morgan fingerprint density at radius 3 is 2.62 bits per heavy atom. The number of hydrogen-bond acceptors (Lipinski definition) is 6. The lowest BCUT2D eigenvalue weighted by Crippen LogP contribution is -2.12. The lowest BCUT2D eigenvalue weighted by Gasteiger charge is -2.07. The molecule has 9 nitrogen and oxygen atoms in total. The van der Waals surface area contributed by atoms with Gasteiger partial charge in [0.2, 0.25) is 0 Å². The van der Waals surface area contributed by atoms with E-state index in [2.05, 4.69) is 25.7 Å². The summed E-state index contributed by atoms with van der Waals surface area (Å²) in [6.07, 6.45) is 6.62. The number of carbonyl (C=O) groups excluding carboxylic acids is 1. The summed E-state index contributed by atoms with van der Waals surface area (Å²) in [6.45, 7) is 0.544. The summed E-state index contributed by atoms with van der Waals surface area (Å²) < 4.78 is 1.51. The fourth-order valence-corrected chi connectivity index (χ4v) is 2.72. The van der Waals surface area contributed by atoms with Gasteiger partial charge in [0.25, 0.3) is 5.91 Å². The summed E-state index contributed by atoms with van der Waals surface area (Å²) in [4.78, 5) is 32.1. The quantitative estimate of drug-likeness (QED) is 0.464. The van der Waals surface area contributed by atoms with Gasteiger partial charge in [0, 0.05) is 30.8 Å². The molecule has 0 aliphatic rings. The summed E-state index contributed by atoms with van der Waals surface area (Å²) >= 11 is 0. The smallest absolute Gasteiger partial charge is 0.335 e. The van der Waals surface area contributed by atoms with Gasteiger partial charge in [0.15, 0.2) is 5.65 Å². The number of pyridine rings is 1. The maximum Gasteiger partial charge on any atom is 0.335 e. The number of carboxylic acid groups (broad SMARTS) is 1. The molecule has 4 aromatic rings. The van der Waals surface area contributed by atoms with Crippen LogP contribution in [0.4, 0.5) is 11.5 Å². The summed E-state index contributed by atoms with van der Waals surface area (Å²) in [5.74, 6) is -0.817. The molecule has 1 aromatic carbocycles. The largest absolute Gasteiger partial charge is 0.478 e. The lowest BCUT2D eigenvalue weighted by molar-refractivity contribution is 0.0696. The third-order valence-corrected chi connectivity index (χ3v) is 4.20. The molecular weight excluding hydrogens is 372 g/mol. The van der Waals surface area contributed by atoms with E-state index in [0.717, 1.165) is 5.56 Å². The van der Waals surface area contributed by atoms with E-state index >= 15 is 0 Å². The molecule has 29 heavy (non-hydrogen) atoms. The highest BCUT2D eigenvalue weighted by Gasteiger charge is 2.15. The van der Waals surface area contributed by atoms with Gasteiger partial charge >= 0.3 is 5.97 Å². The molecule has 0 saturated carbocycles. The molecule has 0 bridgehead atoms. The van der Waals surface area contributed by atoms with Crippen LogP contribution in [0.3, 0.4) is 0 Å². The summed E-state index contributed by atoms with van der Waals surface area (Å²) in [6, 6.07) is 11.5. The predicted octanol–water partition coefficient (Wildman–Crippen LogP) is 2.69. The number of nitrogens with one attached hydrogen (secondary N) is 2. The average molecular weight is 388 g/mol. The second-order valence-electron chi connectivity index (χ2n) is 6.19. The second kappa shape index (κ2) is 7.77. The van der Waals surface area contributed by atoms with Gasteiger partial charge in [0.1, 0.15) is 11.4 Å². The Bertz CT molecular complexity index is 1170. The van der Waals surface area contributed by atoms with Crippen LogP contribution in [0, 0.1) is 0 Å². The van der Waals surface area contributed by atoms with Crippen LogP contribution in [-0.2, 0) is 6.54 Å². The number of anilines is 2. The third-order valence-electron chi connectivity index (χ3n) is 4.20. The summed E-state index contributed by atoms with van der Waals surface area (Å²) in [7, 11) is 0. The van der Waals surface area contributed by atoms with Gasteiger partial charge in [-0.25, -0.2) is 14.3 Å². The topological polar surface area (TPSA) is 122 Å². The number of aromatic carboxylic acids is 1. The Balaban J connectivity index is 1.52. The van der Waals surface area contributed by atoms with E-state index in [-0.39, 0.29) is 11.5 Å². The SMILES string of the molecule is O=C(O)c1ccc(NC(=O)c2cnn3ccc(NCc4cccnc4)nc23)cc1. The van der Waals surface area contributed by atoms with Crippen LogP contribution in [0.5, 0.6) is 0 Å². The zero-order valence-electron chi connectivity index (χ0n) is 15.1. The Hall–Kier alpha value is -4.27. The molecule has 3 heterocycles. The third kappa shape index (κ3) is 4.03. The molecule has 4 rings (SSSR count). The number of nitrogens with zero attached hydrogens (tertiary/aromatic N) is 4. The molecule has 0 aliphatic carbocycles. The zero-order chi connectivity index (χ0) is 20.2. The van der Waals surface area contributed by atoms with E-state index < -0.39 is 5.97 Å². The number of carboxylic acids is 1. The number of amides is 1. The first-order valence-electron chi connectivity index (χ1n) is 8.72. The van der Waals surface area contributed by atoms with Crippen molar-refractivity contribution in [3.8, 4) is 0 Å². The minimum atomic E-state index is -1.03. The number of benzene rings is 1. The molecule has 3 N–H and O–H groups in total. The van der Waals surface area contributed by atoms with Crippen LogP contribution in [-0.4, -0.2) is 36.6 Å². The van der Waals surface area contributed by atoms with Gasteiger partial charge in [-0.1, -0.05) is 6.07 Å². The number of carbonyl (C=O) groups is 2. The molecule has 144 valence electrons. The van der Waals surface area contributed by atoms with Crippen LogP contribution in [0.1, 0.15) is 26.3 Å². The van der Waals surface area contributed by atoms with Crippen LogP contribution in [0.2, 0.25) is 0 Å². The van der Waals surface area contributed by atoms with Gasteiger partial charge in [-0.3, -0.25) is 9.78 Å². The van der Waals surface area contributed by atoms with Gasteiger partial charge in [-0.2, -0.15) is 5.10 Å². The number of rotatable bonds is 6. The second-order valence-corrected chi connectivity index (χ2v) is 6.19. The van der Waals surface area contributed by atoms with Crippen molar-refractivity contribution in [2.45, 2.75) is 6.54 Å². The number of fused-ring (bicyclic) bond motifs is 1. The van der Waals surface area contributed by atoms with E-state index in [0.29, 0.717) is 29.3 Å². The average Bonchev–Trinajstić information content (AvgIpc) is 3.17. The molecule has 0 saturated heterocycles. The first-order chi connectivity index (χ1) is 14.1. The van der Waals surface area contributed by atoms with Crippen LogP contribution in [0.15, 0.2) is 67.3 Å². The van der Waals surface area contributed by atoms with Crippen molar-refractivity contribution in [3.05, 3.63) is 83.9 Å². The highest BCUT2D eigenvalue weighted by molar-refractivity contribution is 6.08. The van der Waals surface area contributed by atoms with Gasteiger partial charge in [0.05, 0.1) is 11.8 Å². The van der Waals surface area contributed by atoms with E-state index in [4.69, 9.17) is 5.11 Å². The van der Waals surface area contributed by atoms with E-state index in [1.165, 1.54) is 35.0 Å². The van der Waals surface area contributed by atoms with Crippen molar-refractivity contribution in [2.75, 3.05) is 10.6 Å². The molecule has 3 aromatic heterocycles. The maximum atomic E-state index is 12.6. The first-order valence-corrected chi connectivity index (χ1v) is 8.72. The molecule has 9 heteroatoms. The molecule has 0 fully saturated rings. The molecule has 0 spiro atoms. The fourth-order valence-electron chi connectivity index (χ4n) is 2.72. The highest BCUT2D eigenvalue weighted by Crippen LogP contribution is 2.16. The number of hydrogen-bond donors (Lipinski definition) is 3. The predicted molar refractivity (Wildman–Crippen MR) is 106 cm³/mol. The molecule has 0 radical (unpaired) electrons. The minimum absolute atomic E-state index is 0.144. The molecule has 0 unspecified atom stereocenters.